The van der Waals surface area contributed by atoms with Crippen LogP contribution in [-0.4, -0.2) is 23.1 Å². The Kier molecular flexibility index (Phi) is 3.89. The van der Waals surface area contributed by atoms with Crippen LogP contribution in [0.4, 0.5) is 5.69 Å². The number of carbonyl (C=O) groups is 1. The topological polar surface area (TPSA) is 89.7 Å². The molecule has 0 unspecified atom stereocenters. The number of nitro groups is 1. The number of non-ortho nitro benzene ring substituents is 1. The Morgan fingerprint density at radius 2 is 1.95 bits per heavy atom. The van der Waals surface area contributed by atoms with Crippen molar-refractivity contribution in [1.82, 2.24) is 0 Å². The maximum absolute atomic E-state index is 11.3. The van der Waals surface area contributed by atoms with Gasteiger partial charge in [-0.15, -0.1) is 0 Å². The number of carboxylic acid groups (broad SMARTS) is 1. The van der Waals surface area contributed by atoms with E-state index in [2.05, 4.69) is 0 Å². The SMILES string of the molecule is COc1ccc(-c2cc([N+](=O)[O-])ccc2C(=O)O)cc1C. The van der Waals surface area contributed by atoms with Crippen molar-refractivity contribution in [3.8, 4) is 16.9 Å². The number of aromatic carboxylic acids is 1. The van der Waals surface area contributed by atoms with Crippen LogP contribution in [0.2, 0.25) is 0 Å². The van der Waals surface area contributed by atoms with Crippen LogP contribution >= 0.6 is 0 Å². The molecule has 21 heavy (non-hydrogen) atoms. The van der Waals surface area contributed by atoms with Gasteiger partial charge in [-0.3, -0.25) is 10.1 Å². The van der Waals surface area contributed by atoms with E-state index in [-0.39, 0.29) is 11.3 Å². The summed E-state index contributed by atoms with van der Waals surface area (Å²) in [5.41, 5.74) is 1.59. The number of benzene rings is 2. The summed E-state index contributed by atoms with van der Waals surface area (Å²) in [7, 11) is 1.54. The molecule has 0 amide bonds. The van der Waals surface area contributed by atoms with E-state index in [0.717, 1.165) is 5.56 Å². The van der Waals surface area contributed by atoms with Gasteiger partial charge in [0.15, 0.2) is 0 Å². The Hall–Kier alpha value is -2.89. The van der Waals surface area contributed by atoms with E-state index in [1.54, 1.807) is 18.2 Å². The van der Waals surface area contributed by atoms with Crippen LogP contribution in [0.15, 0.2) is 36.4 Å². The predicted octanol–water partition coefficient (Wildman–Crippen LogP) is 3.28. The van der Waals surface area contributed by atoms with Gasteiger partial charge < -0.3 is 9.84 Å². The lowest BCUT2D eigenvalue weighted by atomic mass is 9.97. The first kappa shape index (κ1) is 14.5. The van der Waals surface area contributed by atoms with Crippen molar-refractivity contribution in [3.05, 3.63) is 57.6 Å². The zero-order valence-corrected chi connectivity index (χ0v) is 11.5. The fraction of sp³-hybridized carbons (Fsp3) is 0.133. The quantitative estimate of drug-likeness (QED) is 0.688. The van der Waals surface area contributed by atoms with Gasteiger partial charge in [0.25, 0.3) is 5.69 Å². The number of rotatable bonds is 4. The Labute approximate surface area is 120 Å². The Morgan fingerprint density at radius 1 is 1.24 bits per heavy atom. The van der Waals surface area contributed by atoms with E-state index in [0.29, 0.717) is 16.9 Å². The van der Waals surface area contributed by atoms with Gasteiger partial charge in [0.2, 0.25) is 0 Å². The molecule has 0 fully saturated rings. The molecule has 0 radical (unpaired) electrons. The van der Waals surface area contributed by atoms with Crippen LogP contribution in [0.5, 0.6) is 5.75 Å². The highest BCUT2D eigenvalue weighted by atomic mass is 16.6. The molecule has 0 bridgehead atoms. The van der Waals surface area contributed by atoms with E-state index in [9.17, 15) is 20.0 Å². The lowest BCUT2D eigenvalue weighted by molar-refractivity contribution is -0.384. The average Bonchev–Trinajstić information content (AvgIpc) is 2.46. The molecule has 2 aromatic carbocycles. The summed E-state index contributed by atoms with van der Waals surface area (Å²) in [6.07, 6.45) is 0. The summed E-state index contributed by atoms with van der Waals surface area (Å²) in [4.78, 5) is 21.6. The van der Waals surface area contributed by atoms with Crippen molar-refractivity contribution < 1.29 is 19.6 Å². The Balaban J connectivity index is 2.65. The summed E-state index contributed by atoms with van der Waals surface area (Å²) in [5.74, 6) is -0.463. The first-order valence-corrected chi connectivity index (χ1v) is 6.10. The highest BCUT2D eigenvalue weighted by Crippen LogP contribution is 2.31. The Bertz CT molecular complexity index is 724. The third kappa shape index (κ3) is 2.84. The molecule has 6 nitrogen and oxygen atoms in total. The van der Waals surface area contributed by atoms with E-state index in [1.807, 2.05) is 6.92 Å². The molecule has 0 aliphatic carbocycles. The van der Waals surface area contributed by atoms with Gasteiger partial charge in [-0.1, -0.05) is 6.07 Å². The lowest BCUT2D eigenvalue weighted by Gasteiger charge is -2.10. The second kappa shape index (κ2) is 5.62. The first-order valence-electron chi connectivity index (χ1n) is 6.10. The molecule has 2 aromatic rings. The molecule has 0 aromatic heterocycles. The van der Waals surface area contributed by atoms with Gasteiger partial charge in [0, 0.05) is 17.7 Å². The maximum atomic E-state index is 11.3. The van der Waals surface area contributed by atoms with Crippen LogP contribution in [0.3, 0.4) is 0 Å². The Morgan fingerprint density at radius 3 is 2.48 bits per heavy atom. The number of ether oxygens (including phenoxy) is 1. The van der Waals surface area contributed by atoms with Crippen LogP contribution in [0.1, 0.15) is 15.9 Å². The second-order valence-electron chi connectivity index (χ2n) is 4.48. The summed E-state index contributed by atoms with van der Waals surface area (Å²) in [5, 5.41) is 20.1. The molecular formula is C15H13NO5. The largest absolute Gasteiger partial charge is 0.496 e. The average molecular weight is 287 g/mol. The van der Waals surface area contributed by atoms with Gasteiger partial charge in [0.05, 0.1) is 17.6 Å². The normalized spacial score (nSPS) is 10.2. The van der Waals surface area contributed by atoms with Crippen molar-refractivity contribution >= 4 is 11.7 Å². The van der Waals surface area contributed by atoms with E-state index in [1.165, 1.54) is 25.3 Å². The van der Waals surface area contributed by atoms with Crippen LogP contribution in [-0.2, 0) is 0 Å². The summed E-state index contributed by atoms with van der Waals surface area (Å²) in [6.45, 7) is 1.82. The molecule has 2 rings (SSSR count). The first-order chi connectivity index (χ1) is 9.93. The monoisotopic (exact) mass is 287 g/mol. The van der Waals surface area contributed by atoms with E-state index >= 15 is 0 Å². The molecule has 0 saturated heterocycles. The standard InChI is InChI=1S/C15H13NO5/c1-9-7-10(3-6-14(9)21-2)13-8-11(16(19)20)4-5-12(13)15(17)18/h3-8H,1-2H3,(H,17,18). The highest BCUT2D eigenvalue weighted by Gasteiger charge is 2.17. The number of methoxy groups -OCH3 is 1. The van der Waals surface area contributed by atoms with Crippen LogP contribution in [0, 0.1) is 17.0 Å². The van der Waals surface area contributed by atoms with E-state index in [4.69, 9.17) is 4.74 Å². The number of hydrogen-bond acceptors (Lipinski definition) is 4. The predicted molar refractivity (Wildman–Crippen MR) is 76.8 cm³/mol. The maximum Gasteiger partial charge on any atom is 0.336 e. The lowest BCUT2D eigenvalue weighted by Crippen LogP contribution is -2.01. The summed E-state index contributed by atoms with van der Waals surface area (Å²) in [6, 6.07) is 8.82. The fourth-order valence-electron chi connectivity index (χ4n) is 2.12. The molecule has 108 valence electrons. The third-order valence-electron chi connectivity index (χ3n) is 3.15. The van der Waals surface area contributed by atoms with Gasteiger partial charge in [0.1, 0.15) is 5.75 Å². The number of carboxylic acids is 1. The van der Waals surface area contributed by atoms with Crippen LogP contribution < -0.4 is 4.74 Å². The smallest absolute Gasteiger partial charge is 0.336 e. The van der Waals surface area contributed by atoms with Crippen molar-refractivity contribution in [2.75, 3.05) is 7.11 Å². The van der Waals surface area contributed by atoms with Crippen LogP contribution in [0.25, 0.3) is 11.1 Å². The molecule has 0 aliphatic rings. The van der Waals surface area contributed by atoms with E-state index < -0.39 is 10.9 Å². The molecule has 0 atom stereocenters. The molecule has 0 spiro atoms. The fourth-order valence-corrected chi connectivity index (χ4v) is 2.12. The third-order valence-corrected chi connectivity index (χ3v) is 3.15. The zero-order valence-electron chi connectivity index (χ0n) is 11.5. The van der Waals surface area contributed by atoms with Gasteiger partial charge >= 0.3 is 5.97 Å². The summed E-state index contributed by atoms with van der Waals surface area (Å²) >= 11 is 0. The molecular weight excluding hydrogens is 274 g/mol. The minimum Gasteiger partial charge on any atom is -0.496 e. The molecule has 0 heterocycles. The minimum atomic E-state index is -1.13. The van der Waals surface area contributed by atoms with Crippen molar-refractivity contribution in [2.45, 2.75) is 6.92 Å². The number of aryl methyl sites for hydroxylation is 1. The highest BCUT2D eigenvalue weighted by molar-refractivity contribution is 5.96. The number of nitrogens with zero attached hydrogens (tertiary/aromatic N) is 1. The van der Waals surface area contributed by atoms with Gasteiger partial charge in [-0.05, 0) is 36.2 Å². The number of nitro benzene ring substituents is 1. The van der Waals surface area contributed by atoms with Crippen molar-refractivity contribution in [1.29, 1.82) is 0 Å². The van der Waals surface area contributed by atoms with Crippen molar-refractivity contribution in [3.63, 3.8) is 0 Å². The minimum absolute atomic E-state index is 0.0187. The van der Waals surface area contributed by atoms with Gasteiger partial charge in [-0.25, -0.2) is 4.79 Å². The molecule has 0 aliphatic heterocycles. The van der Waals surface area contributed by atoms with Crippen molar-refractivity contribution in [2.24, 2.45) is 0 Å². The number of hydrogen-bond donors (Lipinski definition) is 1. The second-order valence-corrected chi connectivity index (χ2v) is 4.48. The summed E-state index contributed by atoms with van der Waals surface area (Å²) < 4.78 is 5.15. The molecule has 1 N–H and O–H groups in total. The zero-order chi connectivity index (χ0) is 15.6. The molecule has 0 saturated carbocycles. The van der Waals surface area contributed by atoms with Gasteiger partial charge in [-0.2, -0.15) is 0 Å². The molecule has 6 heteroatoms.